The van der Waals surface area contributed by atoms with Crippen molar-refractivity contribution in [2.24, 2.45) is 0 Å². The van der Waals surface area contributed by atoms with Crippen molar-refractivity contribution in [2.45, 2.75) is 77.9 Å². The average Bonchev–Trinajstić information content (AvgIpc) is 2.82. The third-order valence-corrected chi connectivity index (χ3v) is 6.90. The summed E-state index contributed by atoms with van der Waals surface area (Å²) in [5.74, 6) is 0.309. The van der Waals surface area contributed by atoms with Gasteiger partial charge in [0.1, 0.15) is 11.8 Å². The van der Waals surface area contributed by atoms with Crippen molar-refractivity contribution in [3.8, 4) is 5.75 Å². The van der Waals surface area contributed by atoms with Crippen molar-refractivity contribution in [1.82, 2.24) is 10.2 Å². The highest BCUT2D eigenvalue weighted by Crippen LogP contribution is 2.26. The van der Waals surface area contributed by atoms with Crippen molar-refractivity contribution in [1.29, 1.82) is 0 Å². The van der Waals surface area contributed by atoms with Gasteiger partial charge in [0.25, 0.3) is 5.91 Å². The average molecular weight is 471 g/mol. The predicted octanol–water partition coefficient (Wildman–Crippen LogP) is 5.59. The van der Waals surface area contributed by atoms with Gasteiger partial charge >= 0.3 is 0 Å². The molecular weight excluding hydrogens is 436 g/mol. The molecule has 2 amide bonds. The Morgan fingerprint density at radius 2 is 1.73 bits per heavy atom. The zero-order valence-corrected chi connectivity index (χ0v) is 20.7. The number of ether oxygens (including phenoxy) is 1. The van der Waals surface area contributed by atoms with Crippen molar-refractivity contribution >= 4 is 23.4 Å². The van der Waals surface area contributed by atoms with Crippen LogP contribution in [0.15, 0.2) is 42.5 Å². The largest absolute Gasteiger partial charge is 0.484 e. The van der Waals surface area contributed by atoms with Crippen molar-refractivity contribution < 1.29 is 14.3 Å². The zero-order valence-electron chi connectivity index (χ0n) is 19.9. The molecule has 1 unspecified atom stereocenters. The highest BCUT2D eigenvalue weighted by atomic mass is 35.5. The lowest BCUT2D eigenvalue weighted by atomic mass is 9.95. The fraction of sp³-hybridized carbons (Fsp3) is 0.481. The standard InChI is InChI=1S/C27H35ClN2O3/c1-4-24(27(32)29-22-13-9-6-10-14-22)30(17-21-11-7-5-8-12-21)25(31)18-33-23-15-19(2)26(28)20(3)16-23/h5,7-8,11-12,15-16,22,24H,4,6,9-10,13-14,17-18H2,1-3H3,(H,29,32). The Labute approximate surface area is 202 Å². The molecular formula is C27H35ClN2O3. The second-order valence-corrected chi connectivity index (χ2v) is 9.31. The molecule has 1 saturated carbocycles. The minimum atomic E-state index is -0.545. The molecule has 178 valence electrons. The maximum Gasteiger partial charge on any atom is 0.261 e. The van der Waals surface area contributed by atoms with Crippen LogP contribution in [0.3, 0.4) is 0 Å². The summed E-state index contributed by atoms with van der Waals surface area (Å²) in [6, 6.07) is 13.1. The van der Waals surface area contributed by atoms with E-state index in [-0.39, 0.29) is 24.5 Å². The van der Waals surface area contributed by atoms with Crippen molar-refractivity contribution in [3.05, 3.63) is 64.2 Å². The van der Waals surface area contributed by atoms with E-state index in [1.807, 2.05) is 63.2 Å². The van der Waals surface area contributed by atoms with Crippen molar-refractivity contribution in [3.63, 3.8) is 0 Å². The Balaban J connectivity index is 1.75. The van der Waals surface area contributed by atoms with Gasteiger partial charge in [-0.15, -0.1) is 0 Å². The minimum absolute atomic E-state index is 0.0770. The van der Waals surface area contributed by atoms with Gasteiger partial charge in [-0.2, -0.15) is 0 Å². The normalized spacial score (nSPS) is 15.0. The molecule has 0 radical (unpaired) electrons. The molecule has 3 rings (SSSR count). The first kappa shape index (κ1) is 25.1. The number of benzene rings is 2. The topological polar surface area (TPSA) is 58.6 Å². The van der Waals surface area contributed by atoms with Gasteiger partial charge in [0.2, 0.25) is 5.91 Å². The van der Waals surface area contributed by atoms with Gasteiger partial charge in [-0.05, 0) is 61.9 Å². The third-order valence-electron chi connectivity index (χ3n) is 6.31. The van der Waals surface area contributed by atoms with E-state index in [4.69, 9.17) is 16.3 Å². The summed E-state index contributed by atoms with van der Waals surface area (Å²) in [6.07, 6.45) is 6.06. The number of hydrogen-bond acceptors (Lipinski definition) is 3. The van der Waals surface area contributed by atoms with E-state index in [9.17, 15) is 9.59 Å². The summed E-state index contributed by atoms with van der Waals surface area (Å²) in [6.45, 7) is 5.99. The van der Waals surface area contributed by atoms with E-state index in [0.29, 0.717) is 23.7 Å². The van der Waals surface area contributed by atoms with Gasteiger partial charge in [-0.3, -0.25) is 9.59 Å². The van der Waals surface area contributed by atoms with Gasteiger partial charge in [0.05, 0.1) is 0 Å². The lowest BCUT2D eigenvalue weighted by Crippen LogP contribution is -2.52. The van der Waals surface area contributed by atoms with E-state index < -0.39 is 6.04 Å². The van der Waals surface area contributed by atoms with Crippen LogP contribution < -0.4 is 10.1 Å². The Hall–Kier alpha value is -2.53. The highest BCUT2D eigenvalue weighted by Gasteiger charge is 2.30. The van der Waals surface area contributed by atoms with Gasteiger partial charge in [-0.1, -0.05) is 68.1 Å². The van der Waals surface area contributed by atoms with Gasteiger partial charge in [0, 0.05) is 17.6 Å². The number of nitrogens with one attached hydrogen (secondary N) is 1. The first-order chi connectivity index (χ1) is 15.9. The number of rotatable bonds is 9. The van der Waals surface area contributed by atoms with Crippen molar-refractivity contribution in [2.75, 3.05) is 6.61 Å². The number of aryl methyl sites for hydroxylation is 2. The molecule has 0 spiro atoms. The van der Waals surface area contributed by atoms with E-state index in [1.165, 1.54) is 6.42 Å². The van der Waals surface area contributed by atoms with E-state index in [2.05, 4.69) is 5.32 Å². The van der Waals surface area contributed by atoms with Crippen LogP contribution in [0.5, 0.6) is 5.75 Å². The fourth-order valence-electron chi connectivity index (χ4n) is 4.46. The summed E-state index contributed by atoms with van der Waals surface area (Å²) in [5.41, 5.74) is 2.78. The second-order valence-electron chi connectivity index (χ2n) is 8.93. The number of nitrogens with zero attached hydrogens (tertiary/aromatic N) is 1. The fourth-order valence-corrected chi connectivity index (χ4v) is 4.57. The molecule has 0 heterocycles. The maximum atomic E-state index is 13.3. The molecule has 2 aromatic carbocycles. The molecule has 1 N–H and O–H groups in total. The first-order valence-electron chi connectivity index (χ1n) is 11.9. The van der Waals surface area contributed by atoms with Crippen LogP contribution in [0.25, 0.3) is 0 Å². The summed E-state index contributed by atoms with van der Waals surface area (Å²) in [4.78, 5) is 28.2. The van der Waals surface area contributed by atoms with Crippen LogP contribution in [0, 0.1) is 13.8 Å². The molecule has 2 aromatic rings. The number of hydrogen-bond donors (Lipinski definition) is 1. The lowest BCUT2D eigenvalue weighted by Gasteiger charge is -2.32. The highest BCUT2D eigenvalue weighted by molar-refractivity contribution is 6.32. The monoisotopic (exact) mass is 470 g/mol. The van der Waals surface area contributed by atoms with Crippen LogP contribution in [0.1, 0.15) is 62.1 Å². The number of halogens is 1. The number of carbonyl (C=O) groups is 2. The minimum Gasteiger partial charge on any atom is -0.484 e. The molecule has 1 aliphatic carbocycles. The Bertz CT molecular complexity index is 919. The zero-order chi connectivity index (χ0) is 23.8. The molecule has 5 nitrogen and oxygen atoms in total. The first-order valence-corrected chi connectivity index (χ1v) is 12.3. The lowest BCUT2D eigenvalue weighted by molar-refractivity contribution is -0.143. The Morgan fingerprint density at radius 1 is 1.09 bits per heavy atom. The maximum absolute atomic E-state index is 13.3. The molecule has 0 aliphatic heterocycles. The molecule has 6 heteroatoms. The molecule has 0 bridgehead atoms. The van der Waals surface area contributed by atoms with Crippen LogP contribution >= 0.6 is 11.6 Å². The summed E-state index contributed by atoms with van der Waals surface area (Å²) in [7, 11) is 0. The quantitative estimate of drug-likeness (QED) is 0.519. The molecule has 0 saturated heterocycles. The SMILES string of the molecule is CCC(C(=O)NC1CCCCC1)N(Cc1ccccc1)C(=O)COc1cc(C)c(Cl)c(C)c1. The van der Waals surface area contributed by atoms with Crippen LogP contribution in [-0.2, 0) is 16.1 Å². The summed E-state index contributed by atoms with van der Waals surface area (Å²) >= 11 is 6.25. The van der Waals surface area contributed by atoms with Crippen LogP contribution in [-0.4, -0.2) is 35.4 Å². The molecule has 33 heavy (non-hydrogen) atoms. The Morgan fingerprint density at radius 3 is 2.33 bits per heavy atom. The third kappa shape index (κ3) is 6.97. The molecule has 1 aliphatic rings. The van der Waals surface area contributed by atoms with E-state index >= 15 is 0 Å². The second kappa shape index (κ2) is 12.1. The van der Waals surface area contributed by atoms with Gasteiger partial charge in [-0.25, -0.2) is 0 Å². The van der Waals surface area contributed by atoms with Gasteiger partial charge < -0.3 is 15.0 Å². The van der Waals surface area contributed by atoms with Gasteiger partial charge in [0.15, 0.2) is 6.61 Å². The summed E-state index contributed by atoms with van der Waals surface area (Å²) < 4.78 is 5.85. The molecule has 1 fully saturated rings. The van der Waals surface area contributed by atoms with E-state index in [0.717, 1.165) is 42.4 Å². The number of carbonyl (C=O) groups excluding carboxylic acids is 2. The van der Waals surface area contributed by atoms with Crippen LogP contribution in [0.2, 0.25) is 5.02 Å². The number of amides is 2. The molecule has 1 atom stereocenters. The van der Waals surface area contributed by atoms with E-state index in [1.54, 1.807) is 4.90 Å². The predicted molar refractivity (Wildman–Crippen MR) is 133 cm³/mol. The molecule has 0 aromatic heterocycles. The Kier molecular flexibility index (Phi) is 9.19. The van der Waals surface area contributed by atoms with Crippen LogP contribution in [0.4, 0.5) is 0 Å². The summed E-state index contributed by atoms with van der Waals surface area (Å²) in [5, 5.41) is 3.90. The smallest absolute Gasteiger partial charge is 0.261 e.